The van der Waals surface area contributed by atoms with Gasteiger partial charge < -0.3 is 14.6 Å². The number of aryl methyl sites for hydroxylation is 1. The van der Waals surface area contributed by atoms with Gasteiger partial charge in [0.2, 0.25) is 0 Å². The number of carbonyl (C=O) groups excluding carboxylic acids is 1. The Kier molecular flexibility index (Phi) is 4.09. The zero-order valence-electron chi connectivity index (χ0n) is 9.94. The summed E-state index contributed by atoms with van der Waals surface area (Å²) in [5, 5.41) is 8.59. The Morgan fingerprint density at radius 1 is 1.18 bits per heavy atom. The topological polar surface area (TPSA) is 72.8 Å². The number of carbonyl (C=O) groups is 2. The molecule has 1 aromatic rings. The van der Waals surface area contributed by atoms with E-state index in [1.807, 2.05) is 0 Å². The third-order valence-corrected chi connectivity index (χ3v) is 2.34. The first kappa shape index (κ1) is 13.0. The molecule has 0 saturated carbocycles. The Morgan fingerprint density at radius 2 is 1.71 bits per heavy atom. The van der Waals surface area contributed by atoms with Crippen LogP contribution in [0.1, 0.15) is 22.3 Å². The molecule has 0 spiro atoms. The molecule has 92 valence electrons. The van der Waals surface area contributed by atoms with Crippen LogP contribution in [0.15, 0.2) is 12.1 Å². The van der Waals surface area contributed by atoms with Crippen molar-refractivity contribution in [1.29, 1.82) is 0 Å². The Labute approximate surface area is 99.0 Å². The summed E-state index contributed by atoms with van der Waals surface area (Å²) in [6, 6.07) is 3.15. The summed E-state index contributed by atoms with van der Waals surface area (Å²) >= 11 is 0. The number of ketones is 1. The van der Waals surface area contributed by atoms with Gasteiger partial charge in [-0.05, 0) is 24.6 Å². The van der Waals surface area contributed by atoms with Crippen LogP contribution >= 0.6 is 0 Å². The average molecular weight is 238 g/mol. The number of methoxy groups -OCH3 is 2. The van der Waals surface area contributed by atoms with Gasteiger partial charge in [-0.25, -0.2) is 0 Å². The van der Waals surface area contributed by atoms with Crippen molar-refractivity contribution in [3.8, 4) is 11.5 Å². The molecule has 1 rings (SSSR count). The quantitative estimate of drug-likeness (QED) is 0.624. The average Bonchev–Trinajstić information content (AvgIpc) is 2.27. The molecule has 0 aliphatic carbocycles. The van der Waals surface area contributed by atoms with Gasteiger partial charge in [-0.15, -0.1) is 0 Å². The lowest BCUT2D eigenvalue weighted by Gasteiger charge is -2.11. The molecule has 0 radical (unpaired) electrons. The van der Waals surface area contributed by atoms with Gasteiger partial charge >= 0.3 is 5.97 Å². The maximum absolute atomic E-state index is 11.7. The molecule has 0 fully saturated rings. The zero-order valence-corrected chi connectivity index (χ0v) is 9.94. The highest BCUT2D eigenvalue weighted by Gasteiger charge is 2.16. The molecular formula is C12H14O5. The van der Waals surface area contributed by atoms with E-state index in [1.165, 1.54) is 20.3 Å². The fraction of sp³-hybridized carbons (Fsp3) is 0.333. The van der Waals surface area contributed by atoms with E-state index in [0.29, 0.717) is 22.6 Å². The van der Waals surface area contributed by atoms with Gasteiger partial charge in [-0.2, -0.15) is 0 Å². The van der Waals surface area contributed by atoms with Gasteiger partial charge in [-0.3, -0.25) is 9.59 Å². The van der Waals surface area contributed by atoms with E-state index >= 15 is 0 Å². The first-order valence-corrected chi connectivity index (χ1v) is 4.97. The van der Waals surface area contributed by atoms with E-state index in [4.69, 9.17) is 14.6 Å². The smallest absolute Gasteiger partial charge is 0.311 e. The predicted molar refractivity (Wildman–Crippen MR) is 60.9 cm³/mol. The first-order chi connectivity index (χ1) is 7.99. The summed E-state index contributed by atoms with van der Waals surface area (Å²) < 4.78 is 10.1. The molecule has 0 aromatic heterocycles. The van der Waals surface area contributed by atoms with E-state index < -0.39 is 18.2 Å². The molecule has 0 aliphatic heterocycles. The molecule has 0 unspecified atom stereocenters. The number of Topliss-reactive ketones (excluding diaryl/α,β-unsaturated/α-hetero) is 1. The number of hydrogen-bond donors (Lipinski definition) is 1. The Morgan fingerprint density at radius 3 is 2.18 bits per heavy atom. The second kappa shape index (κ2) is 5.34. The Hall–Kier alpha value is -2.04. The maximum Gasteiger partial charge on any atom is 0.311 e. The molecule has 1 N–H and O–H groups in total. The zero-order chi connectivity index (χ0) is 13.0. The number of carboxylic acid groups (broad SMARTS) is 1. The van der Waals surface area contributed by atoms with Gasteiger partial charge in [0.25, 0.3) is 0 Å². The molecule has 0 aliphatic rings. The summed E-state index contributed by atoms with van der Waals surface area (Å²) in [5.41, 5.74) is 0.999. The number of carboxylic acids is 1. The van der Waals surface area contributed by atoms with E-state index in [1.54, 1.807) is 13.0 Å². The van der Waals surface area contributed by atoms with Gasteiger partial charge in [-0.1, -0.05) is 0 Å². The molecule has 5 heteroatoms. The van der Waals surface area contributed by atoms with Crippen LogP contribution in [-0.4, -0.2) is 31.1 Å². The minimum atomic E-state index is -1.15. The van der Waals surface area contributed by atoms with Gasteiger partial charge in [0.15, 0.2) is 17.3 Å². The third kappa shape index (κ3) is 2.96. The van der Waals surface area contributed by atoms with Crippen molar-refractivity contribution in [2.75, 3.05) is 14.2 Å². The van der Waals surface area contributed by atoms with Crippen LogP contribution in [0.4, 0.5) is 0 Å². The van der Waals surface area contributed by atoms with Crippen molar-refractivity contribution in [2.24, 2.45) is 0 Å². The van der Waals surface area contributed by atoms with E-state index in [2.05, 4.69) is 0 Å². The van der Waals surface area contributed by atoms with E-state index in [-0.39, 0.29) is 0 Å². The summed E-state index contributed by atoms with van der Waals surface area (Å²) in [5.74, 6) is -0.677. The third-order valence-electron chi connectivity index (χ3n) is 2.34. The molecule has 0 atom stereocenters. The second-order valence-corrected chi connectivity index (χ2v) is 3.52. The van der Waals surface area contributed by atoms with Crippen LogP contribution in [0, 0.1) is 6.92 Å². The summed E-state index contributed by atoms with van der Waals surface area (Å²) in [6.07, 6.45) is -0.531. The van der Waals surface area contributed by atoms with Gasteiger partial charge in [0, 0.05) is 5.56 Å². The second-order valence-electron chi connectivity index (χ2n) is 3.52. The molecule has 17 heavy (non-hydrogen) atoms. The fourth-order valence-corrected chi connectivity index (χ4v) is 1.51. The SMILES string of the molecule is COc1cc(C)c(C(=O)CC(=O)O)cc1OC. The van der Waals surface area contributed by atoms with Crippen molar-refractivity contribution in [1.82, 2.24) is 0 Å². The first-order valence-electron chi connectivity index (χ1n) is 4.97. The summed E-state index contributed by atoms with van der Waals surface area (Å²) in [6.45, 7) is 1.72. The van der Waals surface area contributed by atoms with E-state index in [0.717, 1.165) is 0 Å². The monoisotopic (exact) mass is 238 g/mol. The number of hydrogen-bond acceptors (Lipinski definition) is 4. The minimum absolute atomic E-state index is 0.338. The minimum Gasteiger partial charge on any atom is -0.493 e. The van der Waals surface area contributed by atoms with Crippen LogP contribution in [0.25, 0.3) is 0 Å². The highest BCUT2D eigenvalue weighted by Crippen LogP contribution is 2.30. The van der Waals surface area contributed by atoms with Crippen LogP contribution < -0.4 is 9.47 Å². The van der Waals surface area contributed by atoms with Crippen molar-refractivity contribution < 1.29 is 24.2 Å². The summed E-state index contributed by atoms with van der Waals surface area (Å²) in [7, 11) is 2.95. The van der Waals surface area contributed by atoms with Crippen LogP contribution in [-0.2, 0) is 4.79 Å². The van der Waals surface area contributed by atoms with Crippen molar-refractivity contribution in [3.05, 3.63) is 23.3 Å². The van der Waals surface area contributed by atoms with Crippen molar-refractivity contribution in [2.45, 2.75) is 13.3 Å². The molecule has 5 nitrogen and oxygen atoms in total. The number of rotatable bonds is 5. The van der Waals surface area contributed by atoms with Crippen molar-refractivity contribution in [3.63, 3.8) is 0 Å². The Bertz CT molecular complexity index is 450. The molecule has 0 amide bonds. The Balaban J connectivity index is 3.16. The molecule has 0 saturated heterocycles. The van der Waals surface area contributed by atoms with Crippen LogP contribution in [0.3, 0.4) is 0 Å². The number of benzene rings is 1. The highest BCUT2D eigenvalue weighted by atomic mass is 16.5. The van der Waals surface area contributed by atoms with Crippen molar-refractivity contribution >= 4 is 11.8 Å². The van der Waals surface area contributed by atoms with Crippen LogP contribution in [0.2, 0.25) is 0 Å². The highest BCUT2D eigenvalue weighted by molar-refractivity contribution is 6.06. The fourth-order valence-electron chi connectivity index (χ4n) is 1.51. The molecule has 1 aromatic carbocycles. The van der Waals surface area contributed by atoms with Gasteiger partial charge in [0.05, 0.1) is 14.2 Å². The lowest BCUT2D eigenvalue weighted by molar-refractivity contribution is -0.135. The molecule has 0 bridgehead atoms. The predicted octanol–water partition coefficient (Wildman–Crippen LogP) is 1.67. The standard InChI is InChI=1S/C12H14O5/c1-7-4-10(16-2)11(17-3)5-8(7)9(13)6-12(14)15/h4-5H,6H2,1-3H3,(H,14,15). The van der Waals surface area contributed by atoms with Gasteiger partial charge in [0.1, 0.15) is 6.42 Å². The lowest BCUT2D eigenvalue weighted by atomic mass is 10.0. The normalized spacial score (nSPS) is 9.82. The molecule has 0 heterocycles. The van der Waals surface area contributed by atoms with E-state index in [9.17, 15) is 9.59 Å². The number of aliphatic carboxylic acids is 1. The van der Waals surface area contributed by atoms with Crippen LogP contribution in [0.5, 0.6) is 11.5 Å². The molecular weight excluding hydrogens is 224 g/mol. The summed E-state index contributed by atoms with van der Waals surface area (Å²) in [4.78, 5) is 22.2. The lowest BCUT2D eigenvalue weighted by Crippen LogP contribution is -2.09. The maximum atomic E-state index is 11.7. The number of ether oxygens (including phenoxy) is 2. The largest absolute Gasteiger partial charge is 0.493 e.